The van der Waals surface area contributed by atoms with Gasteiger partial charge in [-0.25, -0.2) is 9.59 Å². The van der Waals surface area contributed by atoms with E-state index in [4.69, 9.17) is 4.74 Å². The minimum atomic E-state index is -1.26. The molecule has 0 bridgehead atoms. The molecule has 2 aromatic rings. The number of amides is 2. The van der Waals surface area contributed by atoms with Crippen LogP contribution in [-0.2, 0) is 14.3 Å². The Morgan fingerprint density at radius 2 is 1.67 bits per heavy atom. The van der Waals surface area contributed by atoms with Crippen molar-refractivity contribution in [2.24, 2.45) is 5.92 Å². The van der Waals surface area contributed by atoms with Crippen LogP contribution in [0.15, 0.2) is 48.5 Å². The number of alkyl carbamates (subject to hydrolysis) is 1. The molecule has 1 fully saturated rings. The molecule has 1 aliphatic heterocycles. The Morgan fingerprint density at radius 3 is 2.21 bits per heavy atom. The molecular weight excluding hydrogens is 420 g/mol. The van der Waals surface area contributed by atoms with Gasteiger partial charge in [0.2, 0.25) is 5.91 Å². The molecule has 2 aromatic carbocycles. The number of ether oxygens (including phenoxy) is 1. The molecule has 0 saturated carbocycles. The molecule has 1 saturated heterocycles. The molecule has 2 aliphatic rings. The predicted molar refractivity (Wildman–Crippen MR) is 124 cm³/mol. The van der Waals surface area contributed by atoms with Gasteiger partial charge in [0.25, 0.3) is 0 Å². The number of nitrogens with zero attached hydrogens (tertiary/aromatic N) is 1. The Hall–Kier alpha value is -3.35. The zero-order valence-corrected chi connectivity index (χ0v) is 19.2. The fourth-order valence-corrected chi connectivity index (χ4v) is 4.99. The lowest BCUT2D eigenvalue weighted by atomic mass is 9.96. The van der Waals surface area contributed by atoms with Crippen LogP contribution < -0.4 is 5.32 Å². The van der Waals surface area contributed by atoms with E-state index in [9.17, 15) is 19.5 Å². The summed E-state index contributed by atoms with van der Waals surface area (Å²) in [4.78, 5) is 39.1. The van der Waals surface area contributed by atoms with Gasteiger partial charge in [-0.1, -0.05) is 62.4 Å². The van der Waals surface area contributed by atoms with Crippen molar-refractivity contribution in [2.75, 3.05) is 13.2 Å². The Balaban J connectivity index is 1.46. The van der Waals surface area contributed by atoms with E-state index in [2.05, 4.69) is 17.4 Å². The van der Waals surface area contributed by atoms with Crippen molar-refractivity contribution in [1.29, 1.82) is 0 Å². The SMILES string of the molecule is CC(C)[C@@H](NC(=O)OCC1c2ccccc2-c2ccccc21)C(=O)N1CCC[C@@]1(C)C(=O)O. The van der Waals surface area contributed by atoms with Gasteiger partial charge in [-0.3, -0.25) is 4.79 Å². The first-order valence-corrected chi connectivity index (χ1v) is 11.4. The fraction of sp³-hybridized carbons (Fsp3) is 0.423. The van der Waals surface area contributed by atoms with Gasteiger partial charge >= 0.3 is 12.1 Å². The van der Waals surface area contributed by atoms with E-state index in [0.717, 1.165) is 22.3 Å². The number of benzene rings is 2. The van der Waals surface area contributed by atoms with Gasteiger partial charge in [-0.05, 0) is 47.9 Å². The Morgan fingerprint density at radius 1 is 1.09 bits per heavy atom. The van der Waals surface area contributed by atoms with Crippen LogP contribution in [0, 0.1) is 5.92 Å². The number of carbonyl (C=O) groups is 3. The maximum atomic E-state index is 13.2. The number of carboxylic acid groups (broad SMARTS) is 1. The summed E-state index contributed by atoms with van der Waals surface area (Å²) in [6.45, 7) is 5.71. The first-order valence-electron chi connectivity index (χ1n) is 11.4. The van der Waals surface area contributed by atoms with Crippen molar-refractivity contribution in [3.05, 3.63) is 59.7 Å². The highest BCUT2D eigenvalue weighted by atomic mass is 16.5. The minimum Gasteiger partial charge on any atom is -0.480 e. The van der Waals surface area contributed by atoms with E-state index in [1.807, 2.05) is 50.2 Å². The van der Waals surface area contributed by atoms with E-state index in [-0.39, 0.29) is 24.3 Å². The van der Waals surface area contributed by atoms with Gasteiger partial charge < -0.3 is 20.1 Å². The standard InChI is InChI=1S/C26H30N2O5/c1-16(2)22(23(29)28-14-8-13-26(28,3)24(30)31)27-25(32)33-15-21-19-11-6-4-9-17(19)18-10-5-7-12-20(18)21/h4-7,9-12,16,21-22H,8,13-15H2,1-3H3,(H,27,32)(H,30,31)/t22-,26+/m1/s1. The van der Waals surface area contributed by atoms with Crippen molar-refractivity contribution in [3.63, 3.8) is 0 Å². The molecule has 33 heavy (non-hydrogen) atoms. The van der Waals surface area contributed by atoms with E-state index in [1.165, 1.54) is 4.90 Å². The monoisotopic (exact) mass is 450 g/mol. The molecule has 0 aromatic heterocycles. The van der Waals surface area contributed by atoms with E-state index in [1.54, 1.807) is 6.92 Å². The molecule has 2 N–H and O–H groups in total. The first-order chi connectivity index (χ1) is 15.7. The molecule has 174 valence electrons. The van der Waals surface area contributed by atoms with Gasteiger partial charge in [0.05, 0.1) is 0 Å². The molecule has 7 heteroatoms. The second-order valence-corrected chi connectivity index (χ2v) is 9.36. The van der Waals surface area contributed by atoms with Gasteiger partial charge in [0, 0.05) is 12.5 Å². The third kappa shape index (κ3) is 4.08. The first kappa shape index (κ1) is 22.8. The van der Waals surface area contributed by atoms with Gasteiger partial charge in [-0.15, -0.1) is 0 Å². The number of hydrogen-bond acceptors (Lipinski definition) is 4. The zero-order valence-electron chi connectivity index (χ0n) is 19.2. The number of carboxylic acids is 1. The predicted octanol–water partition coefficient (Wildman–Crippen LogP) is 4.02. The van der Waals surface area contributed by atoms with Crippen molar-refractivity contribution < 1.29 is 24.2 Å². The lowest BCUT2D eigenvalue weighted by molar-refractivity contribution is -0.156. The molecule has 7 nitrogen and oxygen atoms in total. The maximum absolute atomic E-state index is 13.2. The molecule has 4 rings (SSSR count). The Bertz CT molecular complexity index is 1040. The van der Waals surface area contributed by atoms with Crippen LogP contribution in [0.3, 0.4) is 0 Å². The minimum absolute atomic E-state index is 0.0785. The molecule has 0 radical (unpaired) electrons. The number of aliphatic carboxylic acids is 1. The smallest absolute Gasteiger partial charge is 0.407 e. The topological polar surface area (TPSA) is 95.9 Å². The number of likely N-dealkylation sites (tertiary alicyclic amines) is 1. The highest BCUT2D eigenvalue weighted by molar-refractivity contribution is 5.92. The third-order valence-corrected chi connectivity index (χ3v) is 6.92. The lowest BCUT2D eigenvalue weighted by Gasteiger charge is -2.35. The largest absolute Gasteiger partial charge is 0.480 e. The summed E-state index contributed by atoms with van der Waals surface area (Å²) in [5.74, 6) is -1.72. The highest BCUT2D eigenvalue weighted by Crippen LogP contribution is 2.44. The third-order valence-electron chi connectivity index (χ3n) is 6.92. The molecule has 0 unspecified atom stereocenters. The number of nitrogens with one attached hydrogen (secondary N) is 1. The second kappa shape index (κ2) is 8.89. The van der Waals surface area contributed by atoms with E-state index >= 15 is 0 Å². The maximum Gasteiger partial charge on any atom is 0.407 e. The number of hydrogen-bond donors (Lipinski definition) is 2. The average molecular weight is 451 g/mol. The number of rotatable bonds is 6. The van der Waals surface area contributed by atoms with Crippen LogP contribution in [0.25, 0.3) is 11.1 Å². The van der Waals surface area contributed by atoms with Crippen LogP contribution in [0.1, 0.15) is 50.7 Å². The summed E-state index contributed by atoms with van der Waals surface area (Å²) in [6, 6.07) is 15.3. The van der Waals surface area contributed by atoms with Gasteiger partial charge in [0.15, 0.2) is 0 Å². The highest BCUT2D eigenvalue weighted by Gasteiger charge is 2.48. The summed E-state index contributed by atoms with van der Waals surface area (Å²) < 4.78 is 5.60. The second-order valence-electron chi connectivity index (χ2n) is 9.36. The summed E-state index contributed by atoms with van der Waals surface area (Å²) in [7, 11) is 0. The molecule has 2 amide bonds. The Kier molecular flexibility index (Phi) is 6.15. The summed E-state index contributed by atoms with van der Waals surface area (Å²) in [6.07, 6.45) is 0.328. The number of carbonyl (C=O) groups excluding carboxylic acids is 2. The van der Waals surface area contributed by atoms with Crippen LogP contribution in [0.5, 0.6) is 0 Å². The van der Waals surface area contributed by atoms with Crippen molar-refractivity contribution in [2.45, 2.75) is 51.1 Å². The van der Waals surface area contributed by atoms with Crippen LogP contribution in [0.2, 0.25) is 0 Å². The van der Waals surface area contributed by atoms with Crippen molar-refractivity contribution in [1.82, 2.24) is 10.2 Å². The molecule has 1 aliphatic carbocycles. The van der Waals surface area contributed by atoms with Crippen LogP contribution in [-0.4, -0.2) is 52.7 Å². The van der Waals surface area contributed by atoms with E-state index in [0.29, 0.717) is 19.4 Å². The van der Waals surface area contributed by atoms with Gasteiger partial charge in [0.1, 0.15) is 18.2 Å². The molecule has 0 spiro atoms. The van der Waals surface area contributed by atoms with Crippen molar-refractivity contribution in [3.8, 4) is 11.1 Å². The Labute approximate surface area is 193 Å². The summed E-state index contributed by atoms with van der Waals surface area (Å²) >= 11 is 0. The number of fused-ring (bicyclic) bond motifs is 3. The molecule has 2 atom stereocenters. The van der Waals surface area contributed by atoms with Crippen LogP contribution in [0.4, 0.5) is 4.79 Å². The quantitative estimate of drug-likeness (QED) is 0.693. The summed E-state index contributed by atoms with van der Waals surface area (Å²) in [5.41, 5.74) is 3.24. The van der Waals surface area contributed by atoms with Gasteiger partial charge in [-0.2, -0.15) is 0 Å². The van der Waals surface area contributed by atoms with Crippen LogP contribution >= 0.6 is 0 Å². The van der Waals surface area contributed by atoms with E-state index < -0.39 is 23.6 Å². The molecule has 1 heterocycles. The molecular formula is C26H30N2O5. The fourth-order valence-electron chi connectivity index (χ4n) is 4.99. The lowest BCUT2D eigenvalue weighted by Crippen LogP contribution is -2.58. The average Bonchev–Trinajstić information content (AvgIpc) is 3.34. The zero-order chi connectivity index (χ0) is 23.8. The summed E-state index contributed by atoms with van der Waals surface area (Å²) in [5, 5.41) is 12.4. The van der Waals surface area contributed by atoms with Crippen molar-refractivity contribution >= 4 is 18.0 Å². The normalized spacial score (nSPS) is 20.3.